The molecule has 22 heavy (non-hydrogen) atoms. The Balaban J connectivity index is 2.25. The molecule has 0 unspecified atom stereocenters. The first kappa shape index (κ1) is 15.3. The van der Waals surface area contributed by atoms with E-state index in [-0.39, 0.29) is 17.8 Å². The predicted molar refractivity (Wildman–Crippen MR) is 88.2 cm³/mol. The van der Waals surface area contributed by atoms with Crippen LogP contribution in [0.1, 0.15) is 52.2 Å². The molecule has 0 radical (unpaired) electrons. The van der Waals surface area contributed by atoms with Crippen molar-refractivity contribution < 1.29 is 9.53 Å². The number of aliphatic imine (C=N–C) groups is 1. The molecular formula is C19H25NO2. The monoisotopic (exact) mass is 299 g/mol. The number of rotatable bonds is 2. The average Bonchev–Trinajstić information content (AvgIpc) is 2.45. The summed E-state index contributed by atoms with van der Waals surface area (Å²) in [5.41, 5.74) is 2.04. The summed E-state index contributed by atoms with van der Waals surface area (Å²) in [5.74, 6) is 0.0420. The third kappa shape index (κ3) is 1.94. The molecule has 0 amide bonds. The van der Waals surface area contributed by atoms with Crippen molar-refractivity contribution >= 4 is 11.7 Å². The van der Waals surface area contributed by atoms with Crippen LogP contribution in [0, 0.1) is 11.8 Å². The average molecular weight is 299 g/mol. The fraction of sp³-hybridized carbons (Fsp3) is 0.579. The van der Waals surface area contributed by atoms with Gasteiger partial charge in [-0.2, -0.15) is 0 Å². The Bertz CT molecular complexity index is 637. The Labute approximate surface area is 132 Å². The number of aryl methyl sites for hydroxylation is 1. The molecule has 1 atom stereocenters. The van der Waals surface area contributed by atoms with Crippen molar-refractivity contribution in [3.05, 3.63) is 35.4 Å². The van der Waals surface area contributed by atoms with E-state index < -0.39 is 11.1 Å². The minimum absolute atomic E-state index is 0.103. The number of hydrogen-bond donors (Lipinski definition) is 0. The van der Waals surface area contributed by atoms with Gasteiger partial charge in [0.1, 0.15) is 0 Å². The second kappa shape index (κ2) is 4.94. The lowest BCUT2D eigenvalue weighted by Gasteiger charge is -2.47. The molecule has 0 saturated heterocycles. The van der Waals surface area contributed by atoms with E-state index >= 15 is 0 Å². The quantitative estimate of drug-likeness (QED) is 0.779. The summed E-state index contributed by atoms with van der Waals surface area (Å²) in [6.07, 6.45) is 1.73. The predicted octanol–water partition coefficient (Wildman–Crippen LogP) is 3.79. The standard InChI is InChI=1S/C19H25NO2/c1-12(2)19(13(3)4)17(21)22-18(5)11-10-14-8-6-7-9-15(14)16(18)20-19/h6-9,12-13H,10-11H2,1-5H3/t18-/m0/s1. The van der Waals surface area contributed by atoms with Crippen molar-refractivity contribution in [2.45, 2.75) is 58.6 Å². The zero-order chi connectivity index (χ0) is 16.1. The highest BCUT2D eigenvalue weighted by molar-refractivity contribution is 6.12. The number of fused-ring (bicyclic) bond motifs is 3. The third-order valence-electron chi connectivity index (χ3n) is 5.35. The Morgan fingerprint density at radius 2 is 1.77 bits per heavy atom. The van der Waals surface area contributed by atoms with E-state index in [1.807, 2.05) is 13.0 Å². The largest absolute Gasteiger partial charge is 0.451 e. The molecule has 2 aliphatic rings. The SMILES string of the molecule is CC(C)C1(C(C)C)N=C2c3ccccc3CC[C@]2(C)OC1=O. The van der Waals surface area contributed by atoms with Crippen LogP contribution in [-0.4, -0.2) is 22.8 Å². The number of nitrogens with zero attached hydrogens (tertiary/aromatic N) is 1. The van der Waals surface area contributed by atoms with Gasteiger partial charge in [0.15, 0.2) is 11.1 Å². The Morgan fingerprint density at radius 1 is 1.14 bits per heavy atom. The van der Waals surface area contributed by atoms with E-state index in [9.17, 15) is 4.79 Å². The van der Waals surface area contributed by atoms with Crippen LogP contribution in [0.3, 0.4) is 0 Å². The van der Waals surface area contributed by atoms with E-state index in [0.29, 0.717) is 0 Å². The van der Waals surface area contributed by atoms with Gasteiger partial charge < -0.3 is 4.74 Å². The van der Waals surface area contributed by atoms with E-state index in [2.05, 4.69) is 45.9 Å². The highest BCUT2D eigenvalue weighted by atomic mass is 16.6. The van der Waals surface area contributed by atoms with Crippen LogP contribution in [0.5, 0.6) is 0 Å². The maximum atomic E-state index is 12.8. The summed E-state index contributed by atoms with van der Waals surface area (Å²) in [7, 11) is 0. The van der Waals surface area contributed by atoms with E-state index in [1.165, 1.54) is 5.56 Å². The van der Waals surface area contributed by atoms with Crippen LogP contribution in [0.25, 0.3) is 0 Å². The second-order valence-corrected chi connectivity index (χ2v) is 7.37. The topological polar surface area (TPSA) is 38.7 Å². The summed E-state index contributed by atoms with van der Waals surface area (Å²) in [6, 6.07) is 8.36. The van der Waals surface area contributed by atoms with Crippen molar-refractivity contribution in [2.75, 3.05) is 0 Å². The zero-order valence-corrected chi connectivity index (χ0v) is 14.1. The molecule has 0 fully saturated rings. The van der Waals surface area contributed by atoms with Crippen molar-refractivity contribution in [3.63, 3.8) is 0 Å². The lowest BCUT2D eigenvalue weighted by atomic mass is 9.72. The third-order valence-corrected chi connectivity index (χ3v) is 5.35. The second-order valence-electron chi connectivity index (χ2n) is 7.37. The number of hydrogen-bond acceptors (Lipinski definition) is 3. The molecule has 1 aromatic carbocycles. The molecule has 3 rings (SSSR count). The van der Waals surface area contributed by atoms with Gasteiger partial charge in [-0.25, -0.2) is 4.79 Å². The lowest BCUT2D eigenvalue weighted by molar-refractivity contribution is -0.166. The van der Waals surface area contributed by atoms with Crippen molar-refractivity contribution in [2.24, 2.45) is 16.8 Å². The molecular weight excluding hydrogens is 274 g/mol. The molecule has 1 heterocycles. The molecule has 0 aromatic heterocycles. The van der Waals surface area contributed by atoms with Gasteiger partial charge in [-0.15, -0.1) is 0 Å². The number of carbonyl (C=O) groups is 1. The fourth-order valence-electron chi connectivity index (χ4n) is 3.94. The molecule has 1 aliphatic carbocycles. The Kier molecular flexibility index (Phi) is 3.42. The van der Waals surface area contributed by atoms with Crippen molar-refractivity contribution in [1.82, 2.24) is 0 Å². The summed E-state index contributed by atoms with van der Waals surface area (Å²) < 4.78 is 6.00. The summed E-state index contributed by atoms with van der Waals surface area (Å²) in [4.78, 5) is 17.9. The number of esters is 1. The van der Waals surface area contributed by atoms with E-state index in [0.717, 1.165) is 24.1 Å². The molecule has 0 bridgehead atoms. The molecule has 1 aromatic rings. The van der Waals surface area contributed by atoms with Crippen LogP contribution >= 0.6 is 0 Å². The van der Waals surface area contributed by atoms with Gasteiger partial charge in [-0.05, 0) is 37.2 Å². The highest BCUT2D eigenvalue weighted by Crippen LogP contribution is 2.43. The van der Waals surface area contributed by atoms with Gasteiger partial charge in [0.05, 0.1) is 5.71 Å². The fourth-order valence-corrected chi connectivity index (χ4v) is 3.94. The molecule has 118 valence electrons. The van der Waals surface area contributed by atoms with Crippen LogP contribution in [-0.2, 0) is 16.0 Å². The molecule has 0 saturated carbocycles. The van der Waals surface area contributed by atoms with E-state index in [4.69, 9.17) is 9.73 Å². The normalized spacial score (nSPS) is 26.3. The minimum atomic E-state index is -0.778. The van der Waals surface area contributed by atoms with Crippen LogP contribution in [0.4, 0.5) is 0 Å². The smallest absolute Gasteiger partial charge is 0.335 e. The maximum Gasteiger partial charge on any atom is 0.335 e. The first-order valence-electron chi connectivity index (χ1n) is 8.23. The highest BCUT2D eigenvalue weighted by Gasteiger charge is 2.55. The molecule has 3 nitrogen and oxygen atoms in total. The Morgan fingerprint density at radius 3 is 2.41 bits per heavy atom. The van der Waals surface area contributed by atoms with Crippen molar-refractivity contribution in [1.29, 1.82) is 0 Å². The lowest BCUT2D eigenvalue weighted by Crippen LogP contribution is -2.59. The summed E-state index contributed by atoms with van der Waals surface area (Å²) >= 11 is 0. The first-order valence-corrected chi connectivity index (χ1v) is 8.23. The Hall–Kier alpha value is -1.64. The summed E-state index contributed by atoms with van der Waals surface area (Å²) in [5, 5.41) is 0. The van der Waals surface area contributed by atoms with Gasteiger partial charge in [0.2, 0.25) is 0 Å². The molecule has 3 heteroatoms. The van der Waals surface area contributed by atoms with Gasteiger partial charge in [-0.1, -0.05) is 52.0 Å². The zero-order valence-electron chi connectivity index (χ0n) is 14.1. The molecule has 0 N–H and O–H groups in total. The van der Waals surface area contributed by atoms with Crippen LogP contribution in [0.15, 0.2) is 29.3 Å². The number of carbonyl (C=O) groups excluding carboxylic acids is 1. The van der Waals surface area contributed by atoms with Gasteiger partial charge in [0, 0.05) is 5.56 Å². The molecule has 1 aliphatic heterocycles. The maximum absolute atomic E-state index is 12.8. The van der Waals surface area contributed by atoms with Crippen LogP contribution < -0.4 is 0 Å². The minimum Gasteiger partial charge on any atom is -0.451 e. The van der Waals surface area contributed by atoms with Gasteiger partial charge >= 0.3 is 5.97 Å². The van der Waals surface area contributed by atoms with E-state index in [1.54, 1.807) is 0 Å². The number of benzene rings is 1. The van der Waals surface area contributed by atoms with Gasteiger partial charge in [0.25, 0.3) is 0 Å². The first-order chi connectivity index (χ1) is 10.3. The van der Waals surface area contributed by atoms with Crippen LogP contribution in [0.2, 0.25) is 0 Å². The summed E-state index contributed by atoms with van der Waals surface area (Å²) in [6.45, 7) is 10.2. The molecule has 0 spiro atoms. The number of ether oxygens (including phenoxy) is 1. The van der Waals surface area contributed by atoms with Gasteiger partial charge in [-0.3, -0.25) is 4.99 Å². The van der Waals surface area contributed by atoms with Crippen molar-refractivity contribution in [3.8, 4) is 0 Å².